The predicted octanol–water partition coefficient (Wildman–Crippen LogP) is 0.281. The summed E-state index contributed by atoms with van der Waals surface area (Å²) in [7, 11) is 1.88. The second-order valence-electron chi connectivity index (χ2n) is 2.61. The second kappa shape index (κ2) is 5.18. The van der Waals surface area contributed by atoms with E-state index in [1.807, 2.05) is 13.1 Å². The third kappa shape index (κ3) is 3.59. The summed E-state index contributed by atoms with van der Waals surface area (Å²) in [6.45, 7) is 0.872. The normalized spacial score (nSPS) is 9.00. The van der Waals surface area contributed by atoms with Crippen molar-refractivity contribution in [2.75, 3.05) is 13.6 Å². The average Bonchev–Trinajstić information content (AvgIpc) is 2.13. The third-order valence-corrected chi connectivity index (χ3v) is 1.51. The van der Waals surface area contributed by atoms with Gasteiger partial charge in [0.05, 0.1) is 5.56 Å². The molecule has 1 N–H and O–H groups in total. The van der Waals surface area contributed by atoms with Crippen molar-refractivity contribution in [1.82, 2.24) is 5.32 Å². The van der Waals surface area contributed by atoms with Crippen LogP contribution in [0.1, 0.15) is 12.0 Å². The molecular weight excluding hydrogens is 164 g/mol. The molecule has 0 spiro atoms. The molecule has 68 valence electrons. The van der Waals surface area contributed by atoms with Crippen LogP contribution in [0.3, 0.4) is 0 Å². The minimum Gasteiger partial charge on any atom is -0.619 e. The van der Waals surface area contributed by atoms with Crippen LogP contribution in [0.5, 0.6) is 0 Å². The lowest BCUT2D eigenvalue weighted by Gasteiger charge is -1.93. The van der Waals surface area contributed by atoms with Gasteiger partial charge in [-0.2, -0.15) is 4.73 Å². The molecule has 0 atom stereocenters. The molecule has 0 amide bonds. The van der Waals surface area contributed by atoms with Gasteiger partial charge in [0.2, 0.25) is 0 Å². The lowest BCUT2D eigenvalue weighted by Crippen LogP contribution is -2.24. The van der Waals surface area contributed by atoms with E-state index in [4.69, 9.17) is 0 Å². The van der Waals surface area contributed by atoms with Crippen LogP contribution in [0.4, 0.5) is 0 Å². The maximum absolute atomic E-state index is 10.8. The summed E-state index contributed by atoms with van der Waals surface area (Å²) in [6, 6.07) is 3.51. The second-order valence-corrected chi connectivity index (χ2v) is 2.61. The molecule has 0 bridgehead atoms. The van der Waals surface area contributed by atoms with E-state index in [1.165, 1.54) is 12.4 Å². The first-order chi connectivity index (χ1) is 6.33. The first kappa shape index (κ1) is 9.56. The Morgan fingerprint density at radius 1 is 1.62 bits per heavy atom. The topological polar surface area (TPSA) is 39.0 Å². The van der Waals surface area contributed by atoms with Crippen molar-refractivity contribution in [1.29, 1.82) is 0 Å². The summed E-state index contributed by atoms with van der Waals surface area (Å²) in [5.74, 6) is 5.87. The molecule has 1 rings (SSSR count). The quantitative estimate of drug-likeness (QED) is 0.304. The molecule has 0 aliphatic carbocycles. The molecule has 0 saturated carbocycles. The van der Waals surface area contributed by atoms with Gasteiger partial charge in [-0.05, 0) is 13.1 Å². The van der Waals surface area contributed by atoms with Crippen molar-refractivity contribution < 1.29 is 4.73 Å². The minimum absolute atomic E-state index is 0.752. The molecule has 0 aliphatic heterocycles. The van der Waals surface area contributed by atoms with Gasteiger partial charge in [0.15, 0.2) is 12.4 Å². The molecule has 0 unspecified atom stereocenters. The zero-order chi connectivity index (χ0) is 9.52. The highest BCUT2D eigenvalue weighted by molar-refractivity contribution is 5.29. The van der Waals surface area contributed by atoms with Crippen LogP contribution in [-0.2, 0) is 0 Å². The predicted molar refractivity (Wildman–Crippen MR) is 50.8 cm³/mol. The lowest BCUT2D eigenvalue weighted by atomic mass is 10.3. The van der Waals surface area contributed by atoms with Gasteiger partial charge in [0.25, 0.3) is 0 Å². The van der Waals surface area contributed by atoms with Gasteiger partial charge >= 0.3 is 0 Å². The van der Waals surface area contributed by atoms with E-state index in [2.05, 4.69) is 17.2 Å². The zero-order valence-corrected chi connectivity index (χ0v) is 7.58. The van der Waals surface area contributed by atoms with E-state index in [0.717, 1.165) is 23.3 Å². The minimum atomic E-state index is 0.752. The SMILES string of the molecule is CNCCC#Cc1ccc[n+]([O-])c1. The Kier molecular flexibility index (Phi) is 3.80. The maximum Gasteiger partial charge on any atom is 0.195 e. The van der Waals surface area contributed by atoms with Gasteiger partial charge in [-0.15, -0.1) is 0 Å². The number of pyridine rings is 1. The third-order valence-electron chi connectivity index (χ3n) is 1.51. The van der Waals surface area contributed by atoms with Crippen LogP contribution in [-0.4, -0.2) is 13.6 Å². The Bertz CT molecular complexity index is 325. The van der Waals surface area contributed by atoms with Gasteiger partial charge in [-0.25, -0.2) is 0 Å². The Hall–Kier alpha value is -1.53. The van der Waals surface area contributed by atoms with E-state index in [0.29, 0.717) is 0 Å². The van der Waals surface area contributed by atoms with Crippen molar-refractivity contribution in [3.05, 3.63) is 35.3 Å². The van der Waals surface area contributed by atoms with Crippen molar-refractivity contribution in [2.45, 2.75) is 6.42 Å². The molecule has 1 heterocycles. The summed E-state index contributed by atoms with van der Waals surface area (Å²) in [5.41, 5.74) is 0.758. The van der Waals surface area contributed by atoms with Crippen molar-refractivity contribution in [3.63, 3.8) is 0 Å². The maximum atomic E-state index is 10.8. The zero-order valence-electron chi connectivity index (χ0n) is 7.58. The van der Waals surface area contributed by atoms with Crippen LogP contribution in [0, 0.1) is 17.0 Å². The van der Waals surface area contributed by atoms with Crippen LogP contribution >= 0.6 is 0 Å². The van der Waals surface area contributed by atoms with E-state index < -0.39 is 0 Å². The highest BCUT2D eigenvalue weighted by Crippen LogP contribution is 1.90. The fourth-order valence-corrected chi connectivity index (χ4v) is 0.881. The van der Waals surface area contributed by atoms with Gasteiger partial charge in [0, 0.05) is 19.0 Å². The summed E-state index contributed by atoms with van der Waals surface area (Å²) < 4.78 is 0.752. The molecule has 1 aromatic rings. The molecule has 0 fully saturated rings. The summed E-state index contributed by atoms with van der Waals surface area (Å²) in [6.07, 6.45) is 3.70. The smallest absolute Gasteiger partial charge is 0.195 e. The summed E-state index contributed by atoms with van der Waals surface area (Å²) in [4.78, 5) is 0. The first-order valence-corrected chi connectivity index (χ1v) is 4.15. The van der Waals surface area contributed by atoms with Crippen molar-refractivity contribution in [3.8, 4) is 11.8 Å². The summed E-state index contributed by atoms with van der Waals surface area (Å²) in [5, 5.41) is 13.8. The fraction of sp³-hybridized carbons (Fsp3) is 0.300. The Morgan fingerprint density at radius 2 is 2.46 bits per heavy atom. The average molecular weight is 176 g/mol. The molecular formula is C10H12N2O. The van der Waals surface area contributed by atoms with Crippen LogP contribution in [0.25, 0.3) is 0 Å². The van der Waals surface area contributed by atoms with E-state index in [1.54, 1.807) is 6.07 Å². The largest absolute Gasteiger partial charge is 0.619 e. The number of hydrogen-bond acceptors (Lipinski definition) is 2. The van der Waals surface area contributed by atoms with Crippen LogP contribution < -0.4 is 10.0 Å². The molecule has 0 saturated heterocycles. The van der Waals surface area contributed by atoms with E-state index in [9.17, 15) is 5.21 Å². The van der Waals surface area contributed by atoms with Gasteiger partial charge in [-0.1, -0.05) is 11.8 Å². The number of nitrogens with zero attached hydrogens (tertiary/aromatic N) is 1. The van der Waals surface area contributed by atoms with Crippen molar-refractivity contribution in [2.24, 2.45) is 0 Å². The first-order valence-electron chi connectivity index (χ1n) is 4.15. The van der Waals surface area contributed by atoms with E-state index >= 15 is 0 Å². The molecule has 0 radical (unpaired) electrons. The number of hydrogen-bond donors (Lipinski definition) is 1. The van der Waals surface area contributed by atoms with Gasteiger partial charge in [-0.3, -0.25) is 0 Å². The van der Waals surface area contributed by atoms with Gasteiger partial charge < -0.3 is 10.5 Å². The standard InChI is InChI=1S/C10H12N2O/c1-11-7-3-2-5-10-6-4-8-12(13)9-10/h4,6,8-9,11H,3,7H2,1H3. The van der Waals surface area contributed by atoms with E-state index in [-0.39, 0.29) is 0 Å². The molecule has 0 aromatic carbocycles. The Balaban J connectivity index is 2.56. The van der Waals surface area contributed by atoms with Crippen LogP contribution in [0.2, 0.25) is 0 Å². The highest BCUT2D eigenvalue weighted by Gasteiger charge is 1.90. The fourth-order valence-electron chi connectivity index (χ4n) is 0.881. The van der Waals surface area contributed by atoms with Crippen LogP contribution in [0.15, 0.2) is 24.5 Å². The molecule has 0 aliphatic rings. The molecule has 13 heavy (non-hydrogen) atoms. The van der Waals surface area contributed by atoms with Gasteiger partial charge in [0.1, 0.15) is 0 Å². The number of rotatable bonds is 2. The molecule has 1 aromatic heterocycles. The van der Waals surface area contributed by atoms with Crippen molar-refractivity contribution >= 4 is 0 Å². The summed E-state index contributed by atoms with van der Waals surface area (Å²) >= 11 is 0. The Morgan fingerprint density at radius 3 is 3.15 bits per heavy atom. The Labute approximate surface area is 78.0 Å². The molecule has 3 nitrogen and oxygen atoms in total. The lowest BCUT2D eigenvalue weighted by molar-refractivity contribution is -0.605. The number of aromatic nitrogens is 1. The number of nitrogens with one attached hydrogen (secondary N) is 1. The highest BCUT2D eigenvalue weighted by atomic mass is 16.5. The monoisotopic (exact) mass is 176 g/mol. The molecule has 3 heteroatoms.